The first-order valence-electron chi connectivity index (χ1n) is 4.38. The van der Waals surface area contributed by atoms with E-state index in [4.69, 9.17) is 4.74 Å². The number of allylic oxidation sites excluding steroid dienone is 3. The van der Waals surface area contributed by atoms with Crippen molar-refractivity contribution < 1.29 is 4.74 Å². The largest absolute Gasteiger partial charge is 0.493 e. The van der Waals surface area contributed by atoms with Crippen LogP contribution in [-0.2, 0) is 4.74 Å². The summed E-state index contributed by atoms with van der Waals surface area (Å²) in [6.45, 7) is 3.15. The quantitative estimate of drug-likeness (QED) is 0.516. The van der Waals surface area contributed by atoms with Crippen molar-refractivity contribution in [1.29, 1.82) is 0 Å². The van der Waals surface area contributed by atoms with Crippen molar-refractivity contribution in [2.75, 3.05) is 6.61 Å². The summed E-state index contributed by atoms with van der Waals surface area (Å²) in [5.74, 6) is 1.87. The molecule has 1 heterocycles. The molecule has 0 aromatic rings. The van der Waals surface area contributed by atoms with Crippen LogP contribution < -0.4 is 0 Å². The van der Waals surface area contributed by atoms with Gasteiger partial charge in [-0.1, -0.05) is 13.0 Å². The number of hydrogen-bond acceptors (Lipinski definition) is 1. The van der Waals surface area contributed by atoms with Crippen molar-refractivity contribution in [3.8, 4) is 0 Å². The normalized spacial score (nSPS) is 29.7. The molecule has 1 atom stereocenters. The van der Waals surface area contributed by atoms with Gasteiger partial charge in [-0.25, -0.2) is 0 Å². The zero-order valence-corrected chi connectivity index (χ0v) is 6.97. The maximum absolute atomic E-state index is 5.59. The highest BCUT2D eigenvalue weighted by Gasteiger charge is 2.19. The van der Waals surface area contributed by atoms with Crippen LogP contribution in [0.4, 0.5) is 0 Å². The lowest BCUT2D eigenvalue weighted by Gasteiger charge is -2.26. The van der Waals surface area contributed by atoms with E-state index in [1.165, 1.54) is 18.4 Å². The molecule has 0 saturated carbocycles. The van der Waals surface area contributed by atoms with Crippen molar-refractivity contribution in [3.63, 3.8) is 0 Å². The Balaban J connectivity index is 2.16. The van der Waals surface area contributed by atoms with E-state index in [9.17, 15) is 0 Å². The highest BCUT2D eigenvalue weighted by atomic mass is 16.5. The summed E-state index contributed by atoms with van der Waals surface area (Å²) in [7, 11) is 0. The Labute approximate surface area is 67.7 Å². The Bertz CT molecular complexity index is 213. The van der Waals surface area contributed by atoms with E-state index in [1.807, 2.05) is 0 Å². The highest BCUT2D eigenvalue weighted by Crippen LogP contribution is 2.30. The zero-order valence-electron chi connectivity index (χ0n) is 6.97. The lowest BCUT2D eigenvalue weighted by molar-refractivity contribution is 0.149. The topological polar surface area (TPSA) is 9.23 Å². The number of fused-ring (bicyclic) bond motifs is 1. The Hall–Kier alpha value is -0.720. The van der Waals surface area contributed by atoms with Gasteiger partial charge in [-0.15, -0.1) is 0 Å². The lowest BCUT2D eigenvalue weighted by Crippen LogP contribution is -2.16. The Morgan fingerprint density at radius 2 is 2.18 bits per heavy atom. The highest BCUT2D eigenvalue weighted by molar-refractivity contribution is 5.30. The molecule has 11 heavy (non-hydrogen) atoms. The second kappa shape index (κ2) is 2.72. The average Bonchev–Trinajstić information content (AvgIpc) is 2.04. The van der Waals surface area contributed by atoms with Crippen LogP contribution in [0.1, 0.15) is 26.2 Å². The summed E-state index contributed by atoms with van der Waals surface area (Å²) in [6, 6.07) is 0. The van der Waals surface area contributed by atoms with Crippen molar-refractivity contribution in [3.05, 3.63) is 23.5 Å². The van der Waals surface area contributed by atoms with Crippen LogP contribution in [-0.4, -0.2) is 6.61 Å². The molecule has 1 heteroatoms. The van der Waals surface area contributed by atoms with Crippen molar-refractivity contribution in [2.45, 2.75) is 26.2 Å². The molecular weight excluding hydrogens is 136 g/mol. The molecule has 1 nitrogen and oxygen atoms in total. The number of rotatable bonds is 0. The van der Waals surface area contributed by atoms with Gasteiger partial charge in [0.05, 0.1) is 6.61 Å². The van der Waals surface area contributed by atoms with Crippen LogP contribution in [0.3, 0.4) is 0 Å². The van der Waals surface area contributed by atoms with Crippen molar-refractivity contribution in [1.82, 2.24) is 0 Å². The molecule has 1 unspecified atom stereocenters. The third-order valence-corrected chi connectivity index (χ3v) is 2.30. The van der Waals surface area contributed by atoms with Gasteiger partial charge in [-0.05, 0) is 36.8 Å². The monoisotopic (exact) mass is 150 g/mol. The molecule has 0 bridgehead atoms. The lowest BCUT2D eigenvalue weighted by atomic mass is 9.93. The van der Waals surface area contributed by atoms with E-state index in [-0.39, 0.29) is 0 Å². The summed E-state index contributed by atoms with van der Waals surface area (Å²) < 4.78 is 5.59. The second-order valence-corrected chi connectivity index (χ2v) is 3.50. The molecule has 2 aliphatic rings. The predicted octanol–water partition coefficient (Wildman–Crippen LogP) is 2.65. The molecule has 1 saturated heterocycles. The molecule has 1 fully saturated rings. The standard InChI is InChI=1S/C10H14O/c1-8-6-9-4-2-3-5-10(9)11-7-8/h4-5,8H,2-3,6-7H2,1H3. The third-order valence-electron chi connectivity index (χ3n) is 2.30. The molecule has 1 aliphatic carbocycles. The molecule has 0 N–H and O–H groups in total. The Kier molecular flexibility index (Phi) is 1.72. The van der Waals surface area contributed by atoms with E-state index < -0.39 is 0 Å². The van der Waals surface area contributed by atoms with E-state index in [1.54, 1.807) is 0 Å². The van der Waals surface area contributed by atoms with Crippen LogP contribution in [0, 0.1) is 5.92 Å². The average molecular weight is 150 g/mol. The molecular formula is C10H14O. The van der Waals surface area contributed by atoms with Gasteiger partial charge in [0, 0.05) is 0 Å². The fourth-order valence-corrected chi connectivity index (χ4v) is 1.71. The van der Waals surface area contributed by atoms with Gasteiger partial charge in [-0.3, -0.25) is 0 Å². The Morgan fingerprint density at radius 1 is 1.36 bits per heavy atom. The molecule has 60 valence electrons. The van der Waals surface area contributed by atoms with Crippen LogP contribution in [0.25, 0.3) is 0 Å². The van der Waals surface area contributed by atoms with Crippen molar-refractivity contribution in [2.24, 2.45) is 5.92 Å². The minimum Gasteiger partial charge on any atom is -0.493 e. The van der Waals surface area contributed by atoms with Gasteiger partial charge >= 0.3 is 0 Å². The predicted molar refractivity (Wildman–Crippen MR) is 45.1 cm³/mol. The fraction of sp³-hybridized carbons (Fsp3) is 0.600. The fourth-order valence-electron chi connectivity index (χ4n) is 1.71. The summed E-state index contributed by atoms with van der Waals surface area (Å²) in [4.78, 5) is 0. The summed E-state index contributed by atoms with van der Waals surface area (Å²) in [6.07, 6.45) is 8.13. The van der Waals surface area contributed by atoms with Crippen LogP contribution in [0.5, 0.6) is 0 Å². The first-order valence-corrected chi connectivity index (χ1v) is 4.38. The van der Waals surface area contributed by atoms with Gasteiger partial charge < -0.3 is 4.74 Å². The first kappa shape index (κ1) is 6.96. The zero-order chi connectivity index (χ0) is 7.68. The maximum Gasteiger partial charge on any atom is 0.118 e. The smallest absolute Gasteiger partial charge is 0.118 e. The minimum absolute atomic E-state index is 0.705. The van der Waals surface area contributed by atoms with Gasteiger partial charge in [0.2, 0.25) is 0 Å². The SMILES string of the molecule is CC1COC2=CCCC=C2C1. The van der Waals surface area contributed by atoms with Crippen LogP contribution >= 0.6 is 0 Å². The minimum atomic E-state index is 0.705. The molecule has 0 aromatic carbocycles. The molecule has 1 aliphatic heterocycles. The van der Waals surface area contributed by atoms with Crippen molar-refractivity contribution >= 4 is 0 Å². The molecule has 0 amide bonds. The Morgan fingerprint density at radius 3 is 3.09 bits per heavy atom. The second-order valence-electron chi connectivity index (χ2n) is 3.50. The molecule has 0 radical (unpaired) electrons. The summed E-state index contributed by atoms with van der Waals surface area (Å²) in [5.41, 5.74) is 1.44. The van der Waals surface area contributed by atoms with E-state index in [0.29, 0.717) is 5.92 Å². The molecule has 0 aromatic heterocycles. The van der Waals surface area contributed by atoms with E-state index in [2.05, 4.69) is 19.1 Å². The van der Waals surface area contributed by atoms with Gasteiger partial charge in [0.1, 0.15) is 5.76 Å². The third kappa shape index (κ3) is 1.32. The summed E-state index contributed by atoms with van der Waals surface area (Å²) in [5, 5.41) is 0. The van der Waals surface area contributed by atoms with Gasteiger partial charge in [0.15, 0.2) is 0 Å². The van der Waals surface area contributed by atoms with Crippen LogP contribution in [0.2, 0.25) is 0 Å². The van der Waals surface area contributed by atoms with Gasteiger partial charge in [-0.2, -0.15) is 0 Å². The molecule has 2 rings (SSSR count). The maximum atomic E-state index is 5.59. The number of hydrogen-bond donors (Lipinski definition) is 0. The van der Waals surface area contributed by atoms with E-state index >= 15 is 0 Å². The van der Waals surface area contributed by atoms with Crippen LogP contribution in [0.15, 0.2) is 23.5 Å². The van der Waals surface area contributed by atoms with Gasteiger partial charge in [0.25, 0.3) is 0 Å². The number of ether oxygens (including phenoxy) is 1. The van der Waals surface area contributed by atoms with E-state index in [0.717, 1.165) is 18.8 Å². The summed E-state index contributed by atoms with van der Waals surface area (Å²) >= 11 is 0. The molecule has 0 spiro atoms. The first-order chi connectivity index (χ1) is 5.36.